The number of amides is 2. The van der Waals surface area contributed by atoms with Crippen LogP contribution in [0.25, 0.3) is 0 Å². The van der Waals surface area contributed by atoms with Gasteiger partial charge in [0.2, 0.25) is 17.8 Å². The zero-order chi connectivity index (χ0) is 28.9. The molecule has 10 heteroatoms. The van der Waals surface area contributed by atoms with E-state index in [9.17, 15) is 14.0 Å². The highest BCUT2D eigenvalue weighted by atomic mass is 19.1. The Labute approximate surface area is 236 Å². The Balaban J connectivity index is 1.54. The minimum atomic E-state index is -0.575. The summed E-state index contributed by atoms with van der Waals surface area (Å²) in [7, 11) is 5.47. The molecule has 2 heterocycles. The Kier molecular flexibility index (Phi) is 11.9. The van der Waals surface area contributed by atoms with Crippen LogP contribution in [0.3, 0.4) is 0 Å². The molecule has 0 unspecified atom stereocenters. The maximum absolute atomic E-state index is 13.3. The number of hydrogen-bond acceptors (Lipinski definition) is 7. The monoisotopic (exact) mass is 549 g/mol. The van der Waals surface area contributed by atoms with Gasteiger partial charge in [-0.3, -0.25) is 9.59 Å². The summed E-state index contributed by atoms with van der Waals surface area (Å²) >= 11 is 0. The standard InChI is InChI=1S/C30H40FN7O2/c1-23(37(4)27(39)13-11-19-36(2)3)29(40)32-18-8-5-7-12-24-22-33-30(34-26-16-14-25(31)15-17-26)35-28(24)38-20-9-6-10-21-38/h11,13-17,22-23H,5-6,8-10,18-21H2,1-4H3,(H,32,40)(H,33,34,35)/b13-11+/t23-/m0/s1. The Bertz CT molecular complexity index is 1210. The van der Waals surface area contributed by atoms with Crippen molar-refractivity contribution in [3.05, 3.63) is 54.0 Å². The number of piperidine rings is 1. The molecule has 1 aromatic heterocycles. The van der Waals surface area contributed by atoms with Crippen LogP contribution in [0.15, 0.2) is 42.6 Å². The number of hydrogen-bond donors (Lipinski definition) is 2. The third-order valence-corrected chi connectivity index (χ3v) is 6.56. The van der Waals surface area contributed by atoms with E-state index < -0.39 is 6.04 Å². The molecule has 3 rings (SSSR count). The Hall–Kier alpha value is -3.97. The van der Waals surface area contributed by atoms with E-state index in [4.69, 9.17) is 4.98 Å². The van der Waals surface area contributed by atoms with E-state index in [1.54, 1.807) is 38.4 Å². The van der Waals surface area contributed by atoms with Gasteiger partial charge >= 0.3 is 0 Å². The number of benzene rings is 1. The number of aromatic nitrogens is 2. The highest BCUT2D eigenvalue weighted by Crippen LogP contribution is 2.24. The van der Waals surface area contributed by atoms with Crippen molar-refractivity contribution in [1.29, 1.82) is 0 Å². The topological polar surface area (TPSA) is 93.7 Å². The van der Waals surface area contributed by atoms with Gasteiger partial charge in [-0.2, -0.15) is 4.98 Å². The van der Waals surface area contributed by atoms with Gasteiger partial charge in [0.25, 0.3) is 0 Å². The number of carbonyl (C=O) groups is 2. The molecule has 1 aliphatic heterocycles. The van der Waals surface area contributed by atoms with Gasteiger partial charge in [-0.1, -0.05) is 17.9 Å². The largest absolute Gasteiger partial charge is 0.355 e. The first-order valence-corrected chi connectivity index (χ1v) is 13.7. The van der Waals surface area contributed by atoms with Crippen LogP contribution >= 0.6 is 0 Å². The molecule has 0 saturated carbocycles. The summed E-state index contributed by atoms with van der Waals surface area (Å²) < 4.78 is 13.3. The lowest BCUT2D eigenvalue weighted by Gasteiger charge is -2.28. The maximum Gasteiger partial charge on any atom is 0.246 e. The van der Waals surface area contributed by atoms with Gasteiger partial charge in [0.05, 0.1) is 11.8 Å². The van der Waals surface area contributed by atoms with Crippen LogP contribution in [-0.2, 0) is 9.59 Å². The molecular formula is C30H40FN7O2. The average molecular weight is 550 g/mol. The predicted molar refractivity (Wildman–Crippen MR) is 157 cm³/mol. The van der Waals surface area contributed by atoms with Gasteiger partial charge in [-0.05, 0) is 71.0 Å². The summed E-state index contributed by atoms with van der Waals surface area (Å²) in [6.07, 6.45) is 9.66. The molecule has 1 aliphatic rings. The van der Waals surface area contributed by atoms with Gasteiger partial charge in [-0.15, -0.1) is 0 Å². The van der Waals surface area contributed by atoms with Crippen molar-refractivity contribution in [3.8, 4) is 11.8 Å². The molecule has 1 atom stereocenters. The zero-order valence-electron chi connectivity index (χ0n) is 23.9. The fourth-order valence-electron chi connectivity index (χ4n) is 4.07. The Morgan fingerprint density at radius 3 is 2.58 bits per heavy atom. The molecule has 1 aromatic carbocycles. The zero-order valence-corrected chi connectivity index (χ0v) is 23.9. The fourth-order valence-corrected chi connectivity index (χ4v) is 4.07. The highest BCUT2D eigenvalue weighted by Gasteiger charge is 2.20. The number of rotatable bonds is 11. The van der Waals surface area contributed by atoms with Crippen LogP contribution in [0.1, 0.15) is 44.6 Å². The number of likely N-dealkylation sites (N-methyl/N-ethyl adjacent to an activating group) is 2. The minimum absolute atomic E-state index is 0.199. The summed E-state index contributed by atoms with van der Waals surface area (Å²) in [6.45, 7) is 4.66. The van der Waals surface area contributed by atoms with Crippen LogP contribution in [0.4, 0.5) is 21.8 Å². The van der Waals surface area contributed by atoms with Crippen molar-refractivity contribution in [2.24, 2.45) is 0 Å². The highest BCUT2D eigenvalue weighted by molar-refractivity contribution is 5.92. The fraction of sp³-hybridized carbons (Fsp3) is 0.467. The molecule has 9 nitrogen and oxygen atoms in total. The van der Waals surface area contributed by atoms with Crippen LogP contribution in [0.5, 0.6) is 0 Å². The van der Waals surface area contributed by atoms with Crippen molar-refractivity contribution in [3.63, 3.8) is 0 Å². The van der Waals surface area contributed by atoms with Gasteiger partial charge in [0.15, 0.2) is 0 Å². The smallest absolute Gasteiger partial charge is 0.246 e. The van der Waals surface area contributed by atoms with E-state index in [1.807, 2.05) is 19.0 Å². The van der Waals surface area contributed by atoms with Crippen molar-refractivity contribution in [2.45, 2.75) is 45.1 Å². The average Bonchev–Trinajstić information content (AvgIpc) is 2.95. The first-order chi connectivity index (χ1) is 19.2. The van der Waals surface area contributed by atoms with Crippen LogP contribution in [0, 0.1) is 17.7 Å². The summed E-state index contributed by atoms with van der Waals surface area (Å²) in [5.74, 6) is 6.92. The van der Waals surface area contributed by atoms with E-state index in [0.29, 0.717) is 37.6 Å². The number of unbranched alkanes of at least 4 members (excludes halogenated alkanes) is 1. The molecule has 0 aliphatic carbocycles. The SMILES string of the molecule is C[C@@H](C(=O)NCCCC#Cc1cnc(Nc2ccc(F)cc2)nc1N1CCCCC1)N(C)C(=O)/C=C/CN(C)C. The van der Waals surface area contributed by atoms with Crippen LogP contribution < -0.4 is 15.5 Å². The molecule has 214 valence electrons. The second-order valence-electron chi connectivity index (χ2n) is 10.1. The van der Waals surface area contributed by atoms with E-state index in [1.165, 1.54) is 29.5 Å². The second kappa shape index (κ2) is 15.6. The first kappa shape index (κ1) is 30.6. The quantitative estimate of drug-likeness (QED) is 0.252. The molecule has 2 N–H and O–H groups in total. The van der Waals surface area contributed by atoms with Crippen LogP contribution in [-0.4, -0.2) is 84.9 Å². The van der Waals surface area contributed by atoms with Gasteiger partial charge in [0.1, 0.15) is 17.7 Å². The van der Waals surface area contributed by atoms with E-state index in [2.05, 4.69) is 32.4 Å². The lowest BCUT2D eigenvalue weighted by molar-refractivity contribution is -0.135. The number of anilines is 3. The van der Waals surface area contributed by atoms with Crippen molar-refractivity contribution in [2.75, 3.05) is 57.5 Å². The number of nitrogens with one attached hydrogen (secondary N) is 2. The molecule has 0 bridgehead atoms. The molecule has 2 amide bonds. The second-order valence-corrected chi connectivity index (χ2v) is 10.1. The molecule has 0 radical (unpaired) electrons. The summed E-state index contributed by atoms with van der Waals surface area (Å²) in [6, 6.07) is 5.49. The molecule has 1 saturated heterocycles. The molecule has 1 fully saturated rings. The predicted octanol–water partition coefficient (Wildman–Crippen LogP) is 3.56. The van der Waals surface area contributed by atoms with Gasteiger partial charge in [0, 0.05) is 51.4 Å². The van der Waals surface area contributed by atoms with Crippen molar-refractivity contribution >= 4 is 29.3 Å². The normalized spacial score (nSPS) is 14.0. The van der Waals surface area contributed by atoms with Gasteiger partial charge in [-0.25, -0.2) is 9.37 Å². The summed E-state index contributed by atoms with van der Waals surface area (Å²) in [5, 5.41) is 6.03. The molecule has 0 spiro atoms. The van der Waals surface area contributed by atoms with E-state index in [-0.39, 0.29) is 17.6 Å². The van der Waals surface area contributed by atoms with Gasteiger partial charge < -0.3 is 25.3 Å². The van der Waals surface area contributed by atoms with E-state index in [0.717, 1.165) is 37.3 Å². The van der Waals surface area contributed by atoms with Crippen molar-refractivity contribution in [1.82, 2.24) is 25.1 Å². The summed E-state index contributed by atoms with van der Waals surface area (Å²) in [4.78, 5) is 39.6. The van der Waals surface area contributed by atoms with E-state index >= 15 is 0 Å². The lowest BCUT2D eigenvalue weighted by Crippen LogP contribution is -2.45. The minimum Gasteiger partial charge on any atom is -0.355 e. The van der Waals surface area contributed by atoms with Crippen LogP contribution in [0.2, 0.25) is 0 Å². The molecular weight excluding hydrogens is 509 g/mol. The Morgan fingerprint density at radius 2 is 1.88 bits per heavy atom. The van der Waals surface area contributed by atoms with Crippen molar-refractivity contribution < 1.29 is 14.0 Å². The molecule has 2 aromatic rings. The molecule has 40 heavy (non-hydrogen) atoms. The number of halogens is 1. The summed E-state index contributed by atoms with van der Waals surface area (Å²) in [5.41, 5.74) is 1.46. The Morgan fingerprint density at radius 1 is 1.15 bits per heavy atom. The lowest BCUT2D eigenvalue weighted by atomic mass is 10.1. The first-order valence-electron chi connectivity index (χ1n) is 13.7. The third kappa shape index (κ3) is 9.65. The third-order valence-electron chi connectivity index (χ3n) is 6.56. The maximum atomic E-state index is 13.3. The number of nitrogens with zero attached hydrogens (tertiary/aromatic N) is 5. The number of carbonyl (C=O) groups excluding carboxylic acids is 2.